The van der Waals surface area contributed by atoms with E-state index in [0.717, 1.165) is 13.2 Å². The van der Waals surface area contributed by atoms with Crippen molar-refractivity contribution in [2.45, 2.75) is 59.3 Å². The Morgan fingerprint density at radius 2 is 1.28 bits per heavy atom. The van der Waals surface area contributed by atoms with Crippen LogP contribution in [-0.2, 0) is 4.74 Å². The Morgan fingerprint density at radius 1 is 0.778 bits per heavy atom. The summed E-state index contributed by atoms with van der Waals surface area (Å²) in [5.74, 6) is 0. The number of benzene rings is 1. The third-order valence-electron chi connectivity index (χ3n) is 2.72. The van der Waals surface area contributed by atoms with Crippen LogP contribution >= 0.6 is 0 Å². The van der Waals surface area contributed by atoms with Crippen LogP contribution < -0.4 is 0 Å². The number of rotatable bonds is 8. The van der Waals surface area contributed by atoms with Crippen molar-refractivity contribution in [1.29, 1.82) is 0 Å². The van der Waals surface area contributed by atoms with Crippen LogP contribution in [0.2, 0.25) is 0 Å². The summed E-state index contributed by atoms with van der Waals surface area (Å²) in [6.45, 7) is 8.46. The van der Waals surface area contributed by atoms with Gasteiger partial charge >= 0.3 is 0 Å². The smallest absolute Gasteiger partial charge is 0.0466 e. The molecule has 0 aliphatic carbocycles. The summed E-state index contributed by atoms with van der Waals surface area (Å²) in [6, 6.07) is 10.3. The second-order valence-electron chi connectivity index (χ2n) is 4.68. The molecule has 0 amide bonds. The number of unbranched alkanes of at least 4 members (excludes halogenated alkanes) is 4. The average Bonchev–Trinajstić information content (AvgIpc) is 2.39. The first-order valence-electron chi connectivity index (χ1n) is 7.40. The van der Waals surface area contributed by atoms with Gasteiger partial charge in [0.1, 0.15) is 0 Å². The van der Waals surface area contributed by atoms with E-state index in [2.05, 4.69) is 32.9 Å². The van der Waals surface area contributed by atoms with Crippen LogP contribution in [0.15, 0.2) is 30.3 Å². The maximum atomic E-state index is 5.44. The van der Waals surface area contributed by atoms with Crippen LogP contribution in [-0.4, -0.2) is 13.2 Å². The first-order valence-corrected chi connectivity index (χ1v) is 7.40. The second-order valence-corrected chi connectivity index (χ2v) is 4.68. The number of hydrogen-bond acceptors (Lipinski definition) is 1. The zero-order valence-electron chi connectivity index (χ0n) is 12.5. The molecule has 1 rings (SSSR count). The maximum absolute atomic E-state index is 5.44. The lowest BCUT2D eigenvalue weighted by molar-refractivity contribution is 0.126. The van der Waals surface area contributed by atoms with Gasteiger partial charge in [0.05, 0.1) is 0 Å². The number of hydrogen-bond donors (Lipinski definition) is 0. The van der Waals surface area contributed by atoms with E-state index in [1.165, 1.54) is 44.1 Å². The van der Waals surface area contributed by atoms with E-state index in [1.807, 2.05) is 18.2 Å². The van der Waals surface area contributed by atoms with Crippen LogP contribution in [0, 0.1) is 6.92 Å². The first kappa shape index (κ1) is 17.2. The third-order valence-corrected chi connectivity index (χ3v) is 2.72. The van der Waals surface area contributed by atoms with Gasteiger partial charge in [0.2, 0.25) is 0 Å². The fourth-order valence-electron chi connectivity index (χ4n) is 1.54. The summed E-state index contributed by atoms with van der Waals surface area (Å²) in [5.41, 5.74) is 1.32. The normalized spacial score (nSPS) is 9.72. The molecule has 104 valence electrons. The molecule has 1 aromatic carbocycles. The summed E-state index contributed by atoms with van der Waals surface area (Å²) in [5, 5.41) is 0. The van der Waals surface area contributed by atoms with Gasteiger partial charge in [0.25, 0.3) is 0 Å². The molecule has 0 spiro atoms. The molecule has 1 heteroatoms. The second kappa shape index (κ2) is 14.2. The minimum Gasteiger partial charge on any atom is -0.381 e. The van der Waals surface area contributed by atoms with E-state index >= 15 is 0 Å². The van der Waals surface area contributed by atoms with E-state index in [0.29, 0.717) is 0 Å². The fourth-order valence-corrected chi connectivity index (χ4v) is 1.54. The lowest BCUT2D eigenvalue weighted by Gasteiger charge is -2.01. The standard InChI is InChI=1S/C10H22O.C7H8/c1-3-5-7-9-11-10-8-6-4-2;1-7-5-3-2-4-6-7/h3-10H2,1-2H3;2-6H,1H3. The molecule has 0 aliphatic heterocycles. The SMILES string of the molecule is CCCCCOCCCCC.Cc1ccccc1. The summed E-state index contributed by atoms with van der Waals surface area (Å²) in [6.07, 6.45) is 7.68. The van der Waals surface area contributed by atoms with Crippen molar-refractivity contribution in [3.05, 3.63) is 35.9 Å². The maximum Gasteiger partial charge on any atom is 0.0466 e. The van der Waals surface area contributed by atoms with E-state index in [-0.39, 0.29) is 0 Å². The molecule has 0 radical (unpaired) electrons. The Kier molecular flexibility index (Phi) is 13.6. The average molecular weight is 250 g/mol. The largest absolute Gasteiger partial charge is 0.381 e. The van der Waals surface area contributed by atoms with Gasteiger partial charge in [-0.15, -0.1) is 0 Å². The van der Waals surface area contributed by atoms with Crippen molar-refractivity contribution < 1.29 is 4.74 Å². The molecular formula is C17H30O. The highest BCUT2D eigenvalue weighted by molar-refractivity contribution is 5.11. The molecule has 1 aromatic rings. The van der Waals surface area contributed by atoms with Crippen molar-refractivity contribution in [3.63, 3.8) is 0 Å². The van der Waals surface area contributed by atoms with Crippen molar-refractivity contribution in [1.82, 2.24) is 0 Å². The highest BCUT2D eigenvalue weighted by Crippen LogP contribution is 1.97. The topological polar surface area (TPSA) is 9.23 Å². The molecule has 0 atom stereocenters. The van der Waals surface area contributed by atoms with E-state index < -0.39 is 0 Å². The molecule has 1 nitrogen and oxygen atoms in total. The number of ether oxygens (including phenoxy) is 1. The van der Waals surface area contributed by atoms with Gasteiger partial charge in [-0.25, -0.2) is 0 Å². The monoisotopic (exact) mass is 250 g/mol. The van der Waals surface area contributed by atoms with Gasteiger partial charge in [0, 0.05) is 13.2 Å². The van der Waals surface area contributed by atoms with Gasteiger partial charge in [-0.05, 0) is 19.8 Å². The third kappa shape index (κ3) is 13.2. The minimum absolute atomic E-state index is 0.970. The van der Waals surface area contributed by atoms with Crippen LogP contribution in [0.25, 0.3) is 0 Å². The van der Waals surface area contributed by atoms with Crippen molar-refractivity contribution >= 4 is 0 Å². The Labute approximate surface area is 114 Å². The van der Waals surface area contributed by atoms with Crippen molar-refractivity contribution in [3.8, 4) is 0 Å². The lowest BCUT2D eigenvalue weighted by Crippen LogP contribution is -1.96. The van der Waals surface area contributed by atoms with E-state index in [4.69, 9.17) is 4.74 Å². The highest BCUT2D eigenvalue weighted by Gasteiger charge is 1.88. The van der Waals surface area contributed by atoms with Crippen LogP contribution in [0.5, 0.6) is 0 Å². The lowest BCUT2D eigenvalue weighted by atomic mass is 10.2. The molecule has 0 saturated carbocycles. The molecule has 0 heterocycles. The molecule has 0 fully saturated rings. The molecule has 0 bridgehead atoms. The quantitative estimate of drug-likeness (QED) is 0.563. The molecule has 0 saturated heterocycles. The molecule has 0 aliphatic rings. The van der Waals surface area contributed by atoms with Crippen LogP contribution in [0.4, 0.5) is 0 Å². The summed E-state index contributed by atoms with van der Waals surface area (Å²) in [4.78, 5) is 0. The summed E-state index contributed by atoms with van der Waals surface area (Å²) in [7, 11) is 0. The Bertz CT molecular complexity index is 235. The van der Waals surface area contributed by atoms with E-state index in [9.17, 15) is 0 Å². The van der Waals surface area contributed by atoms with Gasteiger partial charge in [0.15, 0.2) is 0 Å². The predicted octanol–water partition coefficient (Wildman–Crippen LogP) is 5.38. The molecule has 0 N–H and O–H groups in total. The zero-order valence-corrected chi connectivity index (χ0v) is 12.5. The van der Waals surface area contributed by atoms with Gasteiger partial charge < -0.3 is 4.74 Å². The van der Waals surface area contributed by atoms with Gasteiger partial charge in [-0.1, -0.05) is 75.4 Å². The zero-order chi connectivity index (χ0) is 13.5. The molecule has 0 aromatic heterocycles. The van der Waals surface area contributed by atoms with Gasteiger partial charge in [-0.2, -0.15) is 0 Å². The minimum atomic E-state index is 0.970. The highest BCUT2D eigenvalue weighted by atomic mass is 16.5. The van der Waals surface area contributed by atoms with Crippen LogP contribution in [0.1, 0.15) is 57.9 Å². The summed E-state index contributed by atoms with van der Waals surface area (Å²) < 4.78 is 5.44. The molecular weight excluding hydrogens is 220 g/mol. The summed E-state index contributed by atoms with van der Waals surface area (Å²) >= 11 is 0. The van der Waals surface area contributed by atoms with Gasteiger partial charge in [-0.3, -0.25) is 0 Å². The van der Waals surface area contributed by atoms with Crippen LogP contribution in [0.3, 0.4) is 0 Å². The van der Waals surface area contributed by atoms with Crippen molar-refractivity contribution in [2.75, 3.05) is 13.2 Å². The Balaban J connectivity index is 0.000000351. The van der Waals surface area contributed by atoms with Crippen molar-refractivity contribution in [2.24, 2.45) is 0 Å². The first-order chi connectivity index (χ1) is 8.81. The Hall–Kier alpha value is -0.820. The number of aryl methyl sites for hydroxylation is 1. The van der Waals surface area contributed by atoms with E-state index in [1.54, 1.807) is 0 Å². The molecule has 0 unspecified atom stereocenters. The fraction of sp³-hybridized carbons (Fsp3) is 0.647. The predicted molar refractivity (Wildman–Crippen MR) is 81.0 cm³/mol. The Morgan fingerprint density at radius 3 is 1.61 bits per heavy atom. The molecule has 18 heavy (non-hydrogen) atoms.